The van der Waals surface area contributed by atoms with Gasteiger partial charge in [-0.05, 0) is 133 Å². The Hall–Kier alpha value is -9.74. The third-order valence-electron chi connectivity index (χ3n) is 17.8. The molecule has 3 nitrogen and oxygen atoms in total. The normalized spacial score (nSPS) is 13.8. The van der Waals surface area contributed by atoms with Gasteiger partial charge in [0.05, 0.1) is 16.5 Å². The minimum absolute atomic E-state index is 0.202. The van der Waals surface area contributed by atoms with E-state index >= 15 is 0 Å². The number of benzene rings is 12. The molecule has 80 heavy (non-hydrogen) atoms. The molecule has 0 atom stereocenters. The van der Waals surface area contributed by atoms with Crippen molar-refractivity contribution in [2.24, 2.45) is 0 Å². The maximum absolute atomic E-state index is 7.45. The molecule has 17 rings (SSSR count). The molecule has 2 aliphatic rings. The van der Waals surface area contributed by atoms with Crippen LogP contribution in [0.4, 0.5) is 17.1 Å². The lowest BCUT2D eigenvalue weighted by Crippen LogP contribution is -2.28. The van der Waals surface area contributed by atoms with Crippen molar-refractivity contribution < 1.29 is 8.83 Å². The molecule has 0 saturated carbocycles. The maximum atomic E-state index is 7.45. The van der Waals surface area contributed by atoms with Gasteiger partial charge in [0, 0.05) is 58.7 Å². The summed E-state index contributed by atoms with van der Waals surface area (Å²) in [5.41, 5.74) is 22.8. The summed E-state index contributed by atoms with van der Waals surface area (Å²) in [6.07, 6.45) is 0. The zero-order valence-corrected chi connectivity index (χ0v) is 44.8. The van der Waals surface area contributed by atoms with Gasteiger partial charge in [-0.3, -0.25) is 0 Å². The van der Waals surface area contributed by atoms with Crippen LogP contribution in [0.5, 0.6) is 0 Å². The number of nitrogens with zero attached hydrogens (tertiary/aromatic N) is 1. The largest absolute Gasteiger partial charge is 0.456 e. The van der Waals surface area contributed by atoms with E-state index in [0.717, 1.165) is 72.1 Å². The highest BCUT2D eigenvalue weighted by Gasteiger charge is 2.46. The second kappa shape index (κ2) is 16.9. The Kier molecular flexibility index (Phi) is 9.56. The first-order valence-electron chi connectivity index (χ1n) is 27.6. The predicted molar refractivity (Wildman–Crippen MR) is 334 cm³/mol. The quantitative estimate of drug-likeness (QED) is 0.159. The summed E-state index contributed by atoms with van der Waals surface area (Å²) < 4.78 is 17.1. The number of hydrogen-bond donors (Lipinski definition) is 0. The van der Waals surface area contributed by atoms with Crippen LogP contribution in [-0.4, -0.2) is 0 Å². The standard InChI is InChI=1S/C76H49NO2S/c1-75(2)61-29-13-9-23-53(61)55-42-40-51(44-63(55)75)77(50-38-35-46(36-39-50)52-27-17-28-58-57-25-12-16-34-69(57)80-74(52)58)65-31-18-33-67-71(65)60-45-68-72(59-26-11-15-32-66(59)78-68)70(73(60)79-67)47-37-41-56-54-24-10-14-30-62(54)76(64(56)43-47,48-19-5-3-6-20-48)49-21-7-4-8-22-49/h3-45H,1-2H3. The second-order valence-corrected chi connectivity index (χ2v) is 23.3. The van der Waals surface area contributed by atoms with Crippen molar-refractivity contribution in [2.75, 3.05) is 4.90 Å². The number of furan rings is 2. The number of thiophene rings is 1. The minimum Gasteiger partial charge on any atom is -0.456 e. The van der Waals surface area contributed by atoms with Crippen LogP contribution in [-0.2, 0) is 10.8 Å². The molecule has 4 heteroatoms. The van der Waals surface area contributed by atoms with Crippen molar-refractivity contribution in [1.82, 2.24) is 0 Å². The Bertz CT molecular complexity index is 5000. The molecule has 0 amide bonds. The summed E-state index contributed by atoms with van der Waals surface area (Å²) in [5, 5.41) is 6.70. The summed E-state index contributed by atoms with van der Waals surface area (Å²) in [4.78, 5) is 2.45. The minimum atomic E-state index is -0.580. The molecular weight excluding hydrogens is 991 g/mol. The van der Waals surface area contributed by atoms with Crippen LogP contribution in [0.15, 0.2) is 270 Å². The molecule has 0 fully saturated rings. The Morgan fingerprint density at radius 1 is 0.362 bits per heavy atom. The average molecular weight is 1040 g/mol. The molecule has 0 saturated heterocycles. The predicted octanol–water partition coefficient (Wildman–Crippen LogP) is 21.3. The van der Waals surface area contributed by atoms with Gasteiger partial charge in [-0.2, -0.15) is 0 Å². The van der Waals surface area contributed by atoms with Crippen LogP contribution in [0, 0.1) is 0 Å². The van der Waals surface area contributed by atoms with Crippen LogP contribution in [0.25, 0.3) is 109 Å². The molecule has 15 aromatic rings. The van der Waals surface area contributed by atoms with E-state index in [1.165, 1.54) is 86.9 Å². The van der Waals surface area contributed by atoms with Gasteiger partial charge in [0.1, 0.15) is 22.3 Å². The molecule has 12 aromatic carbocycles. The summed E-state index contributed by atoms with van der Waals surface area (Å²) >= 11 is 1.87. The molecule has 0 radical (unpaired) electrons. The molecule has 0 aliphatic heterocycles. The Labute approximate surface area is 466 Å². The molecule has 376 valence electrons. The fraction of sp³-hybridized carbons (Fsp3) is 0.0526. The summed E-state index contributed by atoms with van der Waals surface area (Å²) in [5.74, 6) is 0. The molecule has 3 heterocycles. The van der Waals surface area contributed by atoms with Gasteiger partial charge in [-0.15, -0.1) is 11.3 Å². The van der Waals surface area contributed by atoms with Crippen molar-refractivity contribution in [1.29, 1.82) is 0 Å². The number of rotatable bonds is 7. The Morgan fingerprint density at radius 2 is 0.950 bits per heavy atom. The van der Waals surface area contributed by atoms with E-state index in [2.05, 4.69) is 280 Å². The van der Waals surface area contributed by atoms with Crippen LogP contribution in [0.2, 0.25) is 0 Å². The highest BCUT2D eigenvalue weighted by molar-refractivity contribution is 7.26. The highest BCUT2D eigenvalue weighted by Crippen LogP contribution is 2.59. The van der Waals surface area contributed by atoms with E-state index in [1.807, 2.05) is 11.3 Å². The SMILES string of the molecule is CC1(C)c2ccccc2-c2ccc(N(c3ccc(-c4cccc5c4sc4ccccc45)cc3)c3cccc4oc5c(-c6ccc7c(c6)C(c6ccccc6)(c6ccccc6)c6ccccc6-7)c6c(cc5c34)oc3ccccc36)cc21. The van der Waals surface area contributed by atoms with Crippen LogP contribution < -0.4 is 4.90 Å². The van der Waals surface area contributed by atoms with Gasteiger partial charge in [0.2, 0.25) is 0 Å². The third-order valence-corrected chi connectivity index (χ3v) is 19.0. The smallest absolute Gasteiger partial charge is 0.144 e. The average Bonchev–Trinajstić information content (AvgIpc) is 4.50. The van der Waals surface area contributed by atoms with Crippen LogP contribution in [0.3, 0.4) is 0 Å². The number of fused-ring (bicyclic) bond motifs is 15. The lowest BCUT2D eigenvalue weighted by Gasteiger charge is -2.34. The summed E-state index contributed by atoms with van der Waals surface area (Å²) in [6, 6.07) is 96.0. The fourth-order valence-corrected chi connectivity index (χ4v) is 15.5. The number of anilines is 3. The molecular formula is C76H49NO2S. The van der Waals surface area contributed by atoms with Crippen molar-refractivity contribution in [3.8, 4) is 44.5 Å². The van der Waals surface area contributed by atoms with Crippen molar-refractivity contribution >= 4 is 92.4 Å². The molecule has 2 aliphatic carbocycles. The first kappa shape index (κ1) is 45.3. The molecule has 0 bridgehead atoms. The van der Waals surface area contributed by atoms with Crippen molar-refractivity contribution in [3.63, 3.8) is 0 Å². The van der Waals surface area contributed by atoms with Crippen molar-refractivity contribution in [3.05, 3.63) is 294 Å². The summed E-state index contributed by atoms with van der Waals surface area (Å²) in [7, 11) is 0. The fourth-order valence-electron chi connectivity index (χ4n) is 14.2. The first-order valence-corrected chi connectivity index (χ1v) is 28.5. The van der Waals surface area contributed by atoms with E-state index in [9.17, 15) is 0 Å². The van der Waals surface area contributed by atoms with E-state index < -0.39 is 5.41 Å². The maximum Gasteiger partial charge on any atom is 0.144 e. The van der Waals surface area contributed by atoms with Gasteiger partial charge in [-0.25, -0.2) is 0 Å². The number of para-hydroxylation sites is 1. The van der Waals surface area contributed by atoms with Gasteiger partial charge >= 0.3 is 0 Å². The lowest BCUT2D eigenvalue weighted by atomic mass is 9.67. The Balaban J connectivity index is 0.918. The van der Waals surface area contributed by atoms with Gasteiger partial charge in [-0.1, -0.05) is 214 Å². The molecule has 3 aromatic heterocycles. The first-order chi connectivity index (χ1) is 39.4. The van der Waals surface area contributed by atoms with Crippen molar-refractivity contribution in [2.45, 2.75) is 24.7 Å². The van der Waals surface area contributed by atoms with Gasteiger partial charge in [0.25, 0.3) is 0 Å². The van der Waals surface area contributed by atoms with Gasteiger partial charge < -0.3 is 13.7 Å². The molecule has 0 unspecified atom stereocenters. The van der Waals surface area contributed by atoms with E-state index in [4.69, 9.17) is 8.83 Å². The molecule has 0 N–H and O–H groups in total. The van der Waals surface area contributed by atoms with E-state index in [1.54, 1.807) is 0 Å². The third kappa shape index (κ3) is 6.25. The summed E-state index contributed by atoms with van der Waals surface area (Å²) in [6.45, 7) is 4.72. The molecule has 0 spiro atoms. The zero-order valence-electron chi connectivity index (χ0n) is 44.0. The monoisotopic (exact) mass is 1040 g/mol. The topological polar surface area (TPSA) is 29.5 Å². The van der Waals surface area contributed by atoms with Crippen LogP contribution >= 0.6 is 11.3 Å². The highest BCUT2D eigenvalue weighted by atomic mass is 32.1. The van der Waals surface area contributed by atoms with E-state index in [-0.39, 0.29) is 5.41 Å². The second-order valence-electron chi connectivity index (χ2n) is 22.2. The lowest BCUT2D eigenvalue weighted by molar-refractivity contribution is 0.660. The number of hydrogen-bond acceptors (Lipinski definition) is 4. The van der Waals surface area contributed by atoms with Crippen LogP contribution in [0.1, 0.15) is 47.2 Å². The van der Waals surface area contributed by atoms with E-state index in [0.29, 0.717) is 0 Å². The Morgan fingerprint density at radius 3 is 1.75 bits per heavy atom. The van der Waals surface area contributed by atoms with Gasteiger partial charge in [0.15, 0.2) is 0 Å². The zero-order chi connectivity index (χ0) is 52.8.